The van der Waals surface area contributed by atoms with Gasteiger partial charge in [-0.3, -0.25) is 9.59 Å². The molecule has 0 aliphatic carbocycles. The van der Waals surface area contributed by atoms with Gasteiger partial charge in [-0.05, 0) is 36.2 Å². The first-order chi connectivity index (χ1) is 9.13. The number of rotatable bonds is 2. The molecular weight excluding hydrogens is 242 g/mol. The Hall–Kier alpha value is -1.88. The predicted octanol–water partition coefficient (Wildman–Crippen LogP) is 0.519. The second kappa shape index (κ2) is 4.66. The molecule has 2 amide bonds. The molecule has 1 aromatic carbocycles. The number of carbonyl (C=O) groups excluding carboxylic acids is 2. The second-order valence-electron chi connectivity index (χ2n) is 5.31. The summed E-state index contributed by atoms with van der Waals surface area (Å²) in [4.78, 5) is 23.5. The van der Waals surface area contributed by atoms with E-state index in [2.05, 4.69) is 22.9 Å². The Morgan fingerprint density at radius 1 is 1.37 bits per heavy atom. The molecule has 2 atom stereocenters. The van der Waals surface area contributed by atoms with E-state index in [9.17, 15) is 9.59 Å². The summed E-state index contributed by atoms with van der Waals surface area (Å²) < 4.78 is 0. The lowest BCUT2D eigenvalue weighted by Crippen LogP contribution is -2.39. The van der Waals surface area contributed by atoms with Crippen LogP contribution in [-0.4, -0.2) is 30.9 Å². The monoisotopic (exact) mass is 259 g/mol. The van der Waals surface area contributed by atoms with E-state index in [1.54, 1.807) is 18.2 Å². The molecule has 2 aliphatic rings. The molecule has 19 heavy (non-hydrogen) atoms. The van der Waals surface area contributed by atoms with Gasteiger partial charge in [0.2, 0.25) is 5.91 Å². The van der Waals surface area contributed by atoms with E-state index < -0.39 is 0 Å². The fourth-order valence-corrected chi connectivity index (χ4v) is 2.63. The maximum Gasteiger partial charge on any atom is 0.251 e. The standard InChI is InChI=1S/C14H17N3O2/c1-8-6-15-7-12(8)17-14(19)9-2-3-11-10(4-9)5-13(18)16-11/h2-4,8,12,15H,5-7H2,1H3,(H,16,18)(H,17,19)/t8-,12-/m0/s1. The van der Waals surface area contributed by atoms with Crippen molar-refractivity contribution < 1.29 is 9.59 Å². The number of benzene rings is 1. The van der Waals surface area contributed by atoms with Gasteiger partial charge in [0.1, 0.15) is 0 Å². The van der Waals surface area contributed by atoms with Crippen molar-refractivity contribution in [1.82, 2.24) is 10.6 Å². The largest absolute Gasteiger partial charge is 0.348 e. The molecule has 0 bridgehead atoms. The maximum atomic E-state index is 12.2. The number of nitrogens with one attached hydrogen (secondary N) is 3. The van der Waals surface area contributed by atoms with Crippen LogP contribution in [0.15, 0.2) is 18.2 Å². The number of amides is 2. The second-order valence-corrected chi connectivity index (χ2v) is 5.31. The zero-order chi connectivity index (χ0) is 13.4. The summed E-state index contributed by atoms with van der Waals surface area (Å²) in [6.45, 7) is 3.88. The highest BCUT2D eigenvalue weighted by Crippen LogP contribution is 2.24. The van der Waals surface area contributed by atoms with Crippen LogP contribution in [0.3, 0.4) is 0 Å². The van der Waals surface area contributed by atoms with Crippen molar-refractivity contribution in [2.45, 2.75) is 19.4 Å². The summed E-state index contributed by atoms with van der Waals surface area (Å²) in [6.07, 6.45) is 0.359. The number of carbonyl (C=O) groups is 2. The number of fused-ring (bicyclic) bond motifs is 1. The summed E-state index contributed by atoms with van der Waals surface area (Å²) in [7, 11) is 0. The third kappa shape index (κ3) is 2.33. The predicted molar refractivity (Wildman–Crippen MR) is 72.1 cm³/mol. The van der Waals surface area contributed by atoms with Crippen molar-refractivity contribution in [2.75, 3.05) is 18.4 Å². The molecule has 100 valence electrons. The summed E-state index contributed by atoms with van der Waals surface area (Å²) in [5.74, 6) is 0.366. The average molecular weight is 259 g/mol. The Bertz CT molecular complexity index is 541. The zero-order valence-electron chi connectivity index (χ0n) is 10.8. The van der Waals surface area contributed by atoms with Crippen molar-refractivity contribution in [3.05, 3.63) is 29.3 Å². The van der Waals surface area contributed by atoms with E-state index in [0.29, 0.717) is 17.9 Å². The highest BCUT2D eigenvalue weighted by atomic mass is 16.2. The van der Waals surface area contributed by atoms with Crippen molar-refractivity contribution in [2.24, 2.45) is 5.92 Å². The maximum absolute atomic E-state index is 12.2. The van der Waals surface area contributed by atoms with Crippen LogP contribution in [0.2, 0.25) is 0 Å². The molecule has 3 rings (SSSR count). The van der Waals surface area contributed by atoms with Gasteiger partial charge in [0.25, 0.3) is 5.91 Å². The van der Waals surface area contributed by atoms with Crippen LogP contribution in [-0.2, 0) is 11.2 Å². The third-order valence-electron chi connectivity index (χ3n) is 3.83. The lowest BCUT2D eigenvalue weighted by atomic mass is 10.0. The van der Waals surface area contributed by atoms with Crippen LogP contribution in [0.25, 0.3) is 0 Å². The van der Waals surface area contributed by atoms with Gasteiger partial charge in [0, 0.05) is 23.8 Å². The van der Waals surface area contributed by atoms with Gasteiger partial charge >= 0.3 is 0 Å². The highest BCUT2D eigenvalue weighted by Gasteiger charge is 2.25. The van der Waals surface area contributed by atoms with Gasteiger partial charge in [-0.15, -0.1) is 0 Å². The molecule has 0 unspecified atom stereocenters. The van der Waals surface area contributed by atoms with Crippen LogP contribution in [0.1, 0.15) is 22.8 Å². The Labute approximate surface area is 111 Å². The quantitative estimate of drug-likeness (QED) is 0.725. The van der Waals surface area contributed by atoms with Crippen LogP contribution in [0.5, 0.6) is 0 Å². The highest BCUT2D eigenvalue weighted by molar-refractivity contribution is 6.01. The lowest BCUT2D eigenvalue weighted by Gasteiger charge is -2.16. The van der Waals surface area contributed by atoms with Gasteiger partial charge in [-0.25, -0.2) is 0 Å². The minimum absolute atomic E-state index is 0.0128. The van der Waals surface area contributed by atoms with E-state index in [4.69, 9.17) is 0 Å². The molecule has 5 nitrogen and oxygen atoms in total. The number of anilines is 1. The van der Waals surface area contributed by atoms with E-state index in [1.807, 2.05) is 0 Å². The van der Waals surface area contributed by atoms with E-state index in [-0.39, 0.29) is 17.9 Å². The summed E-state index contributed by atoms with van der Waals surface area (Å²) in [6, 6.07) is 5.54. The van der Waals surface area contributed by atoms with Crippen LogP contribution >= 0.6 is 0 Å². The summed E-state index contributed by atoms with van der Waals surface area (Å²) in [5.41, 5.74) is 2.34. The Kier molecular flexibility index (Phi) is 2.98. The normalized spacial score (nSPS) is 25.0. The lowest BCUT2D eigenvalue weighted by molar-refractivity contribution is -0.115. The minimum Gasteiger partial charge on any atom is -0.348 e. The van der Waals surface area contributed by atoms with E-state index >= 15 is 0 Å². The molecule has 5 heteroatoms. The van der Waals surface area contributed by atoms with Crippen molar-refractivity contribution in [3.63, 3.8) is 0 Å². The first kappa shape index (κ1) is 12.2. The van der Waals surface area contributed by atoms with Crippen molar-refractivity contribution in [3.8, 4) is 0 Å². The van der Waals surface area contributed by atoms with E-state index in [1.165, 1.54) is 0 Å². The molecule has 1 fully saturated rings. The van der Waals surface area contributed by atoms with Crippen molar-refractivity contribution >= 4 is 17.5 Å². The van der Waals surface area contributed by atoms with Gasteiger partial charge in [0.15, 0.2) is 0 Å². The Balaban J connectivity index is 1.74. The SMILES string of the molecule is C[C@H]1CNC[C@@H]1NC(=O)c1ccc2c(c1)CC(=O)N2. The third-order valence-corrected chi connectivity index (χ3v) is 3.83. The average Bonchev–Trinajstić information content (AvgIpc) is 2.93. The number of hydrogen-bond acceptors (Lipinski definition) is 3. The molecular formula is C14H17N3O2. The van der Waals surface area contributed by atoms with E-state index in [0.717, 1.165) is 24.3 Å². The zero-order valence-corrected chi connectivity index (χ0v) is 10.8. The van der Waals surface area contributed by atoms with Gasteiger partial charge < -0.3 is 16.0 Å². The molecule has 0 aromatic heterocycles. The first-order valence-electron chi connectivity index (χ1n) is 6.58. The molecule has 1 saturated heterocycles. The molecule has 2 heterocycles. The van der Waals surface area contributed by atoms with Crippen molar-refractivity contribution in [1.29, 1.82) is 0 Å². The van der Waals surface area contributed by atoms with Gasteiger partial charge in [0.05, 0.1) is 6.42 Å². The smallest absolute Gasteiger partial charge is 0.251 e. The topological polar surface area (TPSA) is 70.2 Å². The molecule has 3 N–H and O–H groups in total. The molecule has 2 aliphatic heterocycles. The van der Waals surface area contributed by atoms with Gasteiger partial charge in [-0.2, -0.15) is 0 Å². The Morgan fingerprint density at radius 3 is 2.95 bits per heavy atom. The van der Waals surface area contributed by atoms with Crippen LogP contribution < -0.4 is 16.0 Å². The molecule has 0 radical (unpaired) electrons. The molecule has 1 aromatic rings. The van der Waals surface area contributed by atoms with Crippen LogP contribution in [0.4, 0.5) is 5.69 Å². The first-order valence-corrected chi connectivity index (χ1v) is 6.58. The van der Waals surface area contributed by atoms with Gasteiger partial charge in [-0.1, -0.05) is 6.92 Å². The fraction of sp³-hybridized carbons (Fsp3) is 0.429. The van der Waals surface area contributed by atoms with Crippen LogP contribution in [0, 0.1) is 5.92 Å². The summed E-state index contributed by atoms with van der Waals surface area (Å²) in [5, 5.41) is 9.06. The molecule has 0 spiro atoms. The summed E-state index contributed by atoms with van der Waals surface area (Å²) >= 11 is 0. The Morgan fingerprint density at radius 2 is 2.21 bits per heavy atom. The minimum atomic E-state index is -0.0669. The molecule has 0 saturated carbocycles. The fourth-order valence-electron chi connectivity index (χ4n) is 2.63. The number of hydrogen-bond donors (Lipinski definition) is 3.